The molecule has 1 aromatic rings. The van der Waals surface area contributed by atoms with E-state index in [1.165, 1.54) is 13.3 Å². The molecule has 0 N–H and O–H groups in total. The fourth-order valence-corrected chi connectivity index (χ4v) is 3.09. The zero-order chi connectivity index (χ0) is 12.7. The molecule has 0 radical (unpaired) electrons. The molecule has 1 heterocycles. The second kappa shape index (κ2) is 4.19. The summed E-state index contributed by atoms with van der Waals surface area (Å²) in [6, 6.07) is 3.35. The van der Waals surface area contributed by atoms with Crippen LogP contribution in [0.25, 0.3) is 0 Å². The molecule has 1 fully saturated rings. The van der Waals surface area contributed by atoms with Gasteiger partial charge in [0.15, 0.2) is 5.78 Å². The van der Waals surface area contributed by atoms with Gasteiger partial charge in [0, 0.05) is 17.0 Å². The Morgan fingerprint density at radius 3 is 2.83 bits per heavy atom. The minimum atomic E-state index is -0.0684. The molecule has 94 valence electrons. The standard InChI is InChI=1S/C14H15NO3/c1-8(16)9-6-11(15-17)14-10-4-2-3-5-12(10)18-13(14)7-9/h6-7,10,12H,2-5H2,1H3. The molecule has 1 aromatic carbocycles. The Morgan fingerprint density at radius 1 is 1.33 bits per heavy atom. The summed E-state index contributed by atoms with van der Waals surface area (Å²) in [5.74, 6) is 0.901. The van der Waals surface area contributed by atoms with Crippen LogP contribution in [0.15, 0.2) is 17.3 Å². The summed E-state index contributed by atoms with van der Waals surface area (Å²) >= 11 is 0. The van der Waals surface area contributed by atoms with Crippen molar-refractivity contribution >= 4 is 11.5 Å². The topological polar surface area (TPSA) is 55.7 Å². The number of hydrogen-bond donors (Lipinski definition) is 0. The van der Waals surface area contributed by atoms with Gasteiger partial charge in [-0.15, -0.1) is 4.91 Å². The SMILES string of the molecule is CC(=O)c1cc(N=O)c2c(c1)OC1CCCCC21. The van der Waals surface area contributed by atoms with Gasteiger partial charge in [-0.1, -0.05) is 6.42 Å². The number of nitroso groups, excluding NO2 is 1. The second-order valence-electron chi connectivity index (χ2n) is 5.10. The number of rotatable bonds is 2. The normalized spacial score (nSPS) is 24.9. The number of ketones is 1. The first kappa shape index (κ1) is 11.4. The summed E-state index contributed by atoms with van der Waals surface area (Å²) < 4.78 is 5.89. The van der Waals surface area contributed by atoms with Crippen molar-refractivity contribution in [3.8, 4) is 5.75 Å². The fourth-order valence-electron chi connectivity index (χ4n) is 3.09. The van der Waals surface area contributed by atoms with Gasteiger partial charge in [0.1, 0.15) is 17.5 Å². The first-order valence-electron chi connectivity index (χ1n) is 6.39. The Labute approximate surface area is 105 Å². The number of carbonyl (C=O) groups is 1. The third-order valence-corrected chi connectivity index (χ3v) is 3.98. The predicted molar refractivity (Wildman–Crippen MR) is 67.5 cm³/mol. The zero-order valence-corrected chi connectivity index (χ0v) is 10.3. The van der Waals surface area contributed by atoms with E-state index in [2.05, 4.69) is 5.18 Å². The third kappa shape index (κ3) is 1.64. The minimum absolute atomic E-state index is 0.0684. The lowest BCUT2D eigenvalue weighted by Gasteiger charge is -2.23. The lowest BCUT2D eigenvalue weighted by Crippen LogP contribution is -2.22. The largest absolute Gasteiger partial charge is 0.489 e. The van der Waals surface area contributed by atoms with Crippen molar-refractivity contribution in [2.75, 3.05) is 0 Å². The summed E-state index contributed by atoms with van der Waals surface area (Å²) in [5, 5.41) is 3.09. The number of hydrogen-bond acceptors (Lipinski definition) is 4. The predicted octanol–water partition coefficient (Wildman–Crippen LogP) is 3.71. The Morgan fingerprint density at radius 2 is 2.11 bits per heavy atom. The summed E-state index contributed by atoms with van der Waals surface area (Å²) in [7, 11) is 0. The number of carbonyl (C=O) groups excluding carboxylic acids is 1. The van der Waals surface area contributed by atoms with Gasteiger partial charge in [-0.05, 0) is 43.5 Å². The molecule has 1 aliphatic heterocycles. The zero-order valence-electron chi connectivity index (χ0n) is 10.3. The monoisotopic (exact) mass is 245 g/mol. The summed E-state index contributed by atoms with van der Waals surface area (Å²) in [5.41, 5.74) is 1.80. The van der Waals surface area contributed by atoms with Gasteiger partial charge in [-0.2, -0.15) is 0 Å². The van der Waals surface area contributed by atoms with Crippen molar-refractivity contribution in [2.45, 2.75) is 44.6 Å². The highest BCUT2D eigenvalue weighted by molar-refractivity contribution is 5.96. The van der Waals surface area contributed by atoms with Crippen LogP contribution in [0, 0.1) is 4.91 Å². The van der Waals surface area contributed by atoms with Gasteiger partial charge >= 0.3 is 0 Å². The van der Waals surface area contributed by atoms with E-state index < -0.39 is 0 Å². The molecule has 4 heteroatoms. The van der Waals surface area contributed by atoms with E-state index >= 15 is 0 Å². The van der Waals surface area contributed by atoms with Gasteiger partial charge in [0.25, 0.3) is 0 Å². The number of benzene rings is 1. The highest BCUT2D eigenvalue weighted by atomic mass is 16.5. The van der Waals surface area contributed by atoms with E-state index in [0.717, 1.165) is 24.8 Å². The van der Waals surface area contributed by atoms with Crippen LogP contribution in [0.3, 0.4) is 0 Å². The molecule has 0 spiro atoms. The van der Waals surface area contributed by atoms with Gasteiger partial charge in [0.2, 0.25) is 0 Å². The molecule has 18 heavy (non-hydrogen) atoms. The van der Waals surface area contributed by atoms with E-state index in [1.54, 1.807) is 12.1 Å². The van der Waals surface area contributed by atoms with Crippen LogP contribution in [0.2, 0.25) is 0 Å². The number of ether oxygens (including phenoxy) is 1. The Kier molecular flexibility index (Phi) is 2.65. The maximum atomic E-state index is 11.4. The second-order valence-corrected chi connectivity index (χ2v) is 5.10. The molecule has 0 amide bonds. The Hall–Kier alpha value is -1.71. The van der Waals surface area contributed by atoms with Crippen molar-refractivity contribution in [1.82, 2.24) is 0 Å². The van der Waals surface area contributed by atoms with Crippen molar-refractivity contribution in [2.24, 2.45) is 5.18 Å². The average molecular weight is 245 g/mol. The minimum Gasteiger partial charge on any atom is -0.489 e. The van der Waals surface area contributed by atoms with Crippen LogP contribution >= 0.6 is 0 Å². The van der Waals surface area contributed by atoms with E-state index in [4.69, 9.17) is 4.74 Å². The molecule has 0 saturated heterocycles. The van der Waals surface area contributed by atoms with Crippen LogP contribution in [0.1, 0.15) is 54.4 Å². The number of Topliss-reactive ketones (excluding diaryl/α,β-unsaturated/α-hetero) is 1. The highest BCUT2D eigenvalue weighted by Gasteiger charge is 2.38. The molecular formula is C14H15NO3. The van der Waals surface area contributed by atoms with Crippen LogP contribution in [0.4, 0.5) is 5.69 Å². The molecular weight excluding hydrogens is 230 g/mol. The lowest BCUT2D eigenvalue weighted by atomic mass is 9.82. The Balaban J connectivity index is 2.11. The first-order chi connectivity index (χ1) is 8.70. The summed E-state index contributed by atoms with van der Waals surface area (Å²) in [4.78, 5) is 22.4. The summed E-state index contributed by atoms with van der Waals surface area (Å²) in [6.07, 6.45) is 4.55. The molecule has 4 nitrogen and oxygen atoms in total. The highest BCUT2D eigenvalue weighted by Crippen LogP contribution is 2.50. The fraction of sp³-hybridized carbons (Fsp3) is 0.500. The maximum absolute atomic E-state index is 11.4. The third-order valence-electron chi connectivity index (χ3n) is 3.98. The van der Waals surface area contributed by atoms with Crippen LogP contribution in [-0.4, -0.2) is 11.9 Å². The molecule has 2 unspecified atom stereocenters. The lowest BCUT2D eigenvalue weighted by molar-refractivity contribution is 0.101. The van der Waals surface area contributed by atoms with Gasteiger partial charge in [-0.3, -0.25) is 4.79 Å². The Bertz CT molecular complexity index is 524. The van der Waals surface area contributed by atoms with Crippen LogP contribution < -0.4 is 4.74 Å². The quantitative estimate of drug-likeness (QED) is 0.589. The van der Waals surface area contributed by atoms with Crippen molar-refractivity contribution in [1.29, 1.82) is 0 Å². The van der Waals surface area contributed by atoms with E-state index in [9.17, 15) is 9.70 Å². The molecule has 0 aromatic heterocycles. The molecule has 0 bridgehead atoms. The number of nitrogens with zero attached hydrogens (tertiary/aromatic N) is 1. The van der Waals surface area contributed by atoms with Gasteiger partial charge < -0.3 is 4.74 Å². The van der Waals surface area contributed by atoms with Crippen molar-refractivity contribution in [3.63, 3.8) is 0 Å². The van der Waals surface area contributed by atoms with Gasteiger partial charge in [-0.25, -0.2) is 0 Å². The molecule has 2 aliphatic rings. The van der Waals surface area contributed by atoms with E-state index in [-0.39, 0.29) is 17.8 Å². The average Bonchev–Trinajstić information content (AvgIpc) is 2.75. The number of fused-ring (bicyclic) bond motifs is 3. The maximum Gasteiger partial charge on any atom is 0.160 e. The van der Waals surface area contributed by atoms with Crippen LogP contribution in [-0.2, 0) is 0 Å². The molecule has 1 aliphatic carbocycles. The molecule has 2 atom stereocenters. The van der Waals surface area contributed by atoms with E-state index in [0.29, 0.717) is 17.0 Å². The smallest absolute Gasteiger partial charge is 0.160 e. The van der Waals surface area contributed by atoms with Crippen molar-refractivity contribution < 1.29 is 9.53 Å². The summed E-state index contributed by atoms with van der Waals surface area (Å²) in [6.45, 7) is 1.48. The van der Waals surface area contributed by atoms with E-state index in [1.807, 2.05) is 0 Å². The molecule has 3 rings (SSSR count). The first-order valence-corrected chi connectivity index (χ1v) is 6.39. The van der Waals surface area contributed by atoms with Crippen LogP contribution in [0.5, 0.6) is 5.75 Å². The molecule has 1 saturated carbocycles. The van der Waals surface area contributed by atoms with Gasteiger partial charge in [0.05, 0.1) is 0 Å². The van der Waals surface area contributed by atoms with Crippen molar-refractivity contribution in [3.05, 3.63) is 28.2 Å².